The molecule has 0 unspecified atom stereocenters. The van der Waals surface area contributed by atoms with Crippen LogP contribution in [0.15, 0.2) is 34.7 Å². The number of rotatable bonds is 3. The van der Waals surface area contributed by atoms with Crippen molar-refractivity contribution in [1.82, 2.24) is 0 Å². The number of hydrogen-bond acceptors (Lipinski definition) is 3. The first kappa shape index (κ1) is 11.4. The molecule has 88 valence electrons. The molecule has 0 spiro atoms. The zero-order valence-corrected chi connectivity index (χ0v) is 9.37. The van der Waals surface area contributed by atoms with Crippen LogP contribution in [0.2, 0.25) is 0 Å². The lowest BCUT2D eigenvalue weighted by atomic mass is 10.1. The van der Waals surface area contributed by atoms with Gasteiger partial charge in [0, 0.05) is 12.0 Å². The van der Waals surface area contributed by atoms with E-state index in [1.807, 2.05) is 6.92 Å². The predicted molar refractivity (Wildman–Crippen MR) is 62.3 cm³/mol. The van der Waals surface area contributed by atoms with Crippen LogP contribution in [-0.2, 0) is 6.42 Å². The van der Waals surface area contributed by atoms with Crippen LogP contribution < -0.4 is 5.73 Å². The summed E-state index contributed by atoms with van der Waals surface area (Å²) in [5.41, 5.74) is 5.69. The van der Waals surface area contributed by atoms with Gasteiger partial charge in [-0.3, -0.25) is 4.79 Å². The van der Waals surface area contributed by atoms with Gasteiger partial charge in [-0.1, -0.05) is 6.92 Å². The van der Waals surface area contributed by atoms with Crippen molar-refractivity contribution < 1.29 is 13.6 Å². The Morgan fingerprint density at radius 1 is 1.35 bits per heavy atom. The van der Waals surface area contributed by atoms with Crippen molar-refractivity contribution in [2.24, 2.45) is 0 Å². The third-order valence-electron chi connectivity index (χ3n) is 2.49. The minimum absolute atomic E-state index is 0.0434. The van der Waals surface area contributed by atoms with Crippen molar-refractivity contribution in [2.45, 2.75) is 13.3 Å². The standard InChI is InChI=1S/C13H12FNO2/c1-2-9-4-6-12(17-9)13(16)8-3-5-10(14)11(15)7-8/h3-7H,2,15H2,1H3. The van der Waals surface area contributed by atoms with Gasteiger partial charge < -0.3 is 10.2 Å². The van der Waals surface area contributed by atoms with Crippen molar-refractivity contribution >= 4 is 11.5 Å². The molecular formula is C13H12FNO2. The average Bonchev–Trinajstić information content (AvgIpc) is 2.80. The molecule has 2 rings (SSSR count). The lowest BCUT2D eigenvalue weighted by Crippen LogP contribution is -2.02. The van der Waals surface area contributed by atoms with Gasteiger partial charge >= 0.3 is 0 Å². The van der Waals surface area contributed by atoms with Gasteiger partial charge in [-0.15, -0.1) is 0 Å². The molecule has 0 bridgehead atoms. The summed E-state index contributed by atoms with van der Waals surface area (Å²) in [7, 11) is 0. The molecule has 0 saturated heterocycles. The molecule has 0 aliphatic rings. The molecule has 1 aromatic heterocycles. The maximum Gasteiger partial charge on any atom is 0.228 e. The molecular weight excluding hydrogens is 221 g/mol. The lowest BCUT2D eigenvalue weighted by molar-refractivity contribution is 0.101. The van der Waals surface area contributed by atoms with Crippen LogP contribution in [0, 0.1) is 5.82 Å². The molecule has 1 heterocycles. The molecule has 3 nitrogen and oxygen atoms in total. The molecule has 0 fully saturated rings. The Balaban J connectivity index is 2.33. The summed E-state index contributed by atoms with van der Waals surface area (Å²) in [5, 5.41) is 0. The molecule has 0 saturated carbocycles. The number of carbonyl (C=O) groups is 1. The van der Waals surface area contributed by atoms with Gasteiger partial charge in [-0.25, -0.2) is 4.39 Å². The highest BCUT2D eigenvalue weighted by Crippen LogP contribution is 2.17. The summed E-state index contributed by atoms with van der Waals surface area (Å²) in [6.45, 7) is 1.93. The van der Waals surface area contributed by atoms with E-state index < -0.39 is 5.82 Å². The Morgan fingerprint density at radius 3 is 2.71 bits per heavy atom. The molecule has 0 radical (unpaired) electrons. The Morgan fingerprint density at radius 2 is 2.12 bits per heavy atom. The van der Waals surface area contributed by atoms with Gasteiger partial charge in [0.05, 0.1) is 5.69 Å². The number of carbonyl (C=O) groups excluding carboxylic acids is 1. The molecule has 0 aliphatic heterocycles. The summed E-state index contributed by atoms with van der Waals surface area (Å²) in [6, 6.07) is 7.24. The van der Waals surface area contributed by atoms with Gasteiger partial charge in [0.1, 0.15) is 11.6 Å². The maximum absolute atomic E-state index is 13.0. The van der Waals surface area contributed by atoms with E-state index in [4.69, 9.17) is 10.2 Å². The third-order valence-corrected chi connectivity index (χ3v) is 2.49. The fourth-order valence-electron chi connectivity index (χ4n) is 1.52. The second-order valence-corrected chi connectivity index (χ2v) is 3.68. The summed E-state index contributed by atoms with van der Waals surface area (Å²) in [5.74, 6) is 0.155. The Labute approximate surface area is 98.0 Å². The van der Waals surface area contributed by atoms with Gasteiger partial charge in [0.2, 0.25) is 5.78 Å². The number of nitrogen functional groups attached to an aromatic ring is 1. The third kappa shape index (κ3) is 2.20. The van der Waals surface area contributed by atoms with E-state index in [0.29, 0.717) is 5.56 Å². The predicted octanol–water partition coefficient (Wildman–Crippen LogP) is 2.79. The molecule has 0 aliphatic carbocycles. The van der Waals surface area contributed by atoms with Crippen molar-refractivity contribution in [3.05, 3.63) is 53.2 Å². The van der Waals surface area contributed by atoms with Crippen LogP contribution in [0.4, 0.5) is 10.1 Å². The number of hydrogen-bond donors (Lipinski definition) is 1. The summed E-state index contributed by atoms with van der Waals surface area (Å²) < 4.78 is 18.3. The molecule has 1 aromatic carbocycles. The molecule has 4 heteroatoms. The minimum Gasteiger partial charge on any atom is -0.458 e. The summed E-state index contributed by atoms with van der Waals surface area (Å²) in [6.07, 6.45) is 0.721. The van der Waals surface area contributed by atoms with Crippen LogP contribution in [0.3, 0.4) is 0 Å². The Hall–Kier alpha value is -2.10. The quantitative estimate of drug-likeness (QED) is 0.655. The molecule has 0 amide bonds. The number of ketones is 1. The largest absolute Gasteiger partial charge is 0.458 e. The first-order valence-corrected chi connectivity index (χ1v) is 5.30. The van der Waals surface area contributed by atoms with E-state index in [1.165, 1.54) is 18.2 Å². The minimum atomic E-state index is -0.532. The molecule has 2 aromatic rings. The van der Waals surface area contributed by atoms with Gasteiger partial charge in [-0.05, 0) is 30.3 Å². The first-order valence-electron chi connectivity index (χ1n) is 5.30. The van der Waals surface area contributed by atoms with E-state index in [1.54, 1.807) is 12.1 Å². The fraction of sp³-hybridized carbons (Fsp3) is 0.154. The number of benzene rings is 1. The monoisotopic (exact) mass is 233 g/mol. The summed E-state index contributed by atoms with van der Waals surface area (Å²) in [4.78, 5) is 12.0. The number of anilines is 1. The van der Waals surface area contributed by atoms with E-state index in [9.17, 15) is 9.18 Å². The Kier molecular flexibility index (Phi) is 2.95. The highest BCUT2D eigenvalue weighted by atomic mass is 19.1. The van der Waals surface area contributed by atoms with E-state index in [-0.39, 0.29) is 17.2 Å². The average molecular weight is 233 g/mol. The van der Waals surface area contributed by atoms with Crippen LogP contribution >= 0.6 is 0 Å². The van der Waals surface area contributed by atoms with E-state index in [0.717, 1.165) is 12.2 Å². The second kappa shape index (κ2) is 4.41. The van der Waals surface area contributed by atoms with Crippen molar-refractivity contribution in [1.29, 1.82) is 0 Å². The number of nitrogens with two attached hydrogens (primary N) is 1. The highest BCUT2D eigenvalue weighted by Gasteiger charge is 2.14. The van der Waals surface area contributed by atoms with E-state index in [2.05, 4.69) is 0 Å². The van der Waals surface area contributed by atoms with Crippen LogP contribution in [0.5, 0.6) is 0 Å². The highest BCUT2D eigenvalue weighted by molar-refractivity contribution is 6.07. The van der Waals surface area contributed by atoms with Crippen molar-refractivity contribution in [2.75, 3.05) is 5.73 Å². The zero-order chi connectivity index (χ0) is 12.4. The summed E-state index contributed by atoms with van der Waals surface area (Å²) >= 11 is 0. The van der Waals surface area contributed by atoms with Crippen LogP contribution in [0.1, 0.15) is 28.8 Å². The smallest absolute Gasteiger partial charge is 0.228 e. The lowest BCUT2D eigenvalue weighted by Gasteiger charge is -2.00. The van der Waals surface area contributed by atoms with Gasteiger partial charge in [0.25, 0.3) is 0 Å². The topological polar surface area (TPSA) is 56.2 Å². The van der Waals surface area contributed by atoms with Crippen LogP contribution in [-0.4, -0.2) is 5.78 Å². The number of halogens is 1. The van der Waals surface area contributed by atoms with Crippen molar-refractivity contribution in [3.63, 3.8) is 0 Å². The second-order valence-electron chi connectivity index (χ2n) is 3.68. The SMILES string of the molecule is CCc1ccc(C(=O)c2ccc(F)c(N)c2)o1. The fourth-order valence-corrected chi connectivity index (χ4v) is 1.52. The normalized spacial score (nSPS) is 10.5. The van der Waals surface area contributed by atoms with Gasteiger partial charge in [-0.2, -0.15) is 0 Å². The first-order chi connectivity index (χ1) is 8.11. The Bertz CT molecular complexity index is 560. The van der Waals surface area contributed by atoms with Crippen LogP contribution in [0.25, 0.3) is 0 Å². The van der Waals surface area contributed by atoms with Crippen molar-refractivity contribution in [3.8, 4) is 0 Å². The number of furan rings is 1. The van der Waals surface area contributed by atoms with E-state index >= 15 is 0 Å². The maximum atomic E-state index is 13.0. The molecule has 17 heavy (non-hydrogen) atoms. The molecule has 2 N–H and O–H groups in total. The van der Waals surface area contributed by atoms with Gasteiger partial charge in [0.15, 0.2) is 5.76 Å². The zero-order valence-electron chi connectivity index (χ0n) is 9.37. The molecule has 0 atom stereocenters. The number of aryl methyl sites for hydroxylation is 1.